The molecule has 1 unspecified atom stereocenters. The summed E-state index contributed by atoms with van der Waals surface area (Å²) < 4.78 is 24.2. The molecule has 14 heavy (non-hydrogen) atoms. The van der Waals surface area contributed by atoms with Crippen LogP contribution in [0.4, 0.5) is 4.39 Å². The molecule has 0 saturated carbocycles. The van der Waals surface area contributed by atoms with Crippen LogP contribution in [0.25, 0.3) is 0 Å². The summed E-state index contributed by atoms with van der Waals surface area (Å²) in [5.74, 6) is -1.27. The minimum Gasteiger partial charge on any atom is -0.294 e. The van der Waals surface area contributed by atoms with Crippen LogP contribution in [0.15, 0.2) is 17.0 Å². The van der Waals surface area contributed by atoms with Gasteiger partial charge in [-0.3, -0.25) is 4.79 Å². The number of carbonyl (C=O) groups is 1. The number of benzene rings is 1. The highest BCUT2D eigenvalue weighted by molar-refractivity contribution is 8.08. The van der Waals surface area contributed by atoms with Crippen molar-refractivity contribution in [2.75, 3.05) is 0 Å². The molecule has 1 aromatic carbocycles. The lowest BCUT2D eigenvalue weighted by atomic mass is 10.1. The summed E-state index contributed by atoms with van der Waals surface area (Å²) in [7, 11) is 3.18. The van der Waals surface area contributed by atoms with Gasteiger partial charge >= 0.3 is 0 Å². The molecule has 1 rings (SSSR count). The summed E-state index contributed by atoms with van der Waals surface area (Å²) in [6, 6.07) is 2.20. The maximum atomic E-state index is 13.2. The van der Waals surface area contributed by atoms with E-state index in [-0.39, 0.29) is 15.5 Å². The molecule has 0 N–H and O–H groups in total. The number of halogens is 3. The van der Waals surface area contributed by atoms with Crippen LogP contribution in [0, 0.1) is 5.82 Å². The number of Topliss-reactive ketones (excluding diaryl/α,β-unsaturated/α-hetero) is 1. The van der Waals surface area contributed by atoms with Crippen molar-refractivity contribution in [3.63, 3.8) is 0 Å². The van der Waals surface area contributed by atoms with E-state index in [1.54, 1.807) is 0 Å². The number of hydrogen-bond acceptors (Lipinski definition) is 2. The Kier molecular flexibility index (Phi) is 3.64. The van der Waals surface area contributed by atoms with E-state index >= 15 is 0 Å². The first-order valence-corrected chi connectivity index (χ1v) is 5.87. The van der Waals surface area contributed by atoms with Gasteiger partial charge in [-0.05, 0) is 29.7 Å². The van der Waals surface area contributed by atoms with Gasteiger partial charge in [-0.15, -0.1) is 0 Å². The van der Waals surface area contributed by atoms with Crippen LogP contribution in [0.2, 0.25) is 5.02 Å². The average molecular weight is 255 g/mol. The largest absolute Gasteiger partial charge is 0.294 e. The lowest BCUT2D eigenvalue weighted by molar-refractivity contribution is 0.101. The molecular weight excluding hydrogens is 250 g/mol. The Morgan fingerprint density at radius 3 is 2.50 bits per heavy atom. The van der Waals surface area contributed by atoms with E-state index in [1.165, 1.54) is 13.0 Å². The molecular formula is C8H5Cl2FO2S. The van der Waals surface area contributed by atoms with Crippen molar-refractivity contribution in [3.8, 4) is 0 Å². The van der Waals surface area contributed by atoms with Gasteiger partial charge in [-0.25, -0.2) is 8.60 Å². The Morgan fingerprint density at radius 2 is 2.07 bits per heavy atom. The van der Waals surface area contributed by atoms with Gasteiger partial charge in [0.2, 0.25) is 0 Å². The van der Waals surface area contributed by atoms with Gasteiger partial charge < -0.3 is 0 Å². The predicted octanol–water partition coefficient (Wildman–Crippen LogP) is 2.94. The average Bonchev–Trinajstić information content (AvgIpc) is 2.01. The highest BCUT2D eigenvalue weighted by Crippen LogP contribution is 2.25. The highest BCUT2D eigenvalue weighted by Gasteiger charge is 2.18. The van der Waals surface area contributed by atoms with Crippen LogP contribution in [0.1, 0.15) is 17.3 Å². The third-order valence-corrected chi connectivity index (χ3v) is 2.97. The van der Waals surface area contributed by atoms with E-state index < -0.39 is 21.6 Å². The van der Waals surface area contributed by atoms with Crippen LogP contribution in [0.3, 0.4) is 0 Å². The second-order valence-electron chi connectivity index (χ2n) is 2.54. The van der Waals surface area contributed by atoms with E-state index in [9.17, 15) is 13.4 Å². The molecule has 1 atom stereocenters. The normalized spacial score (nSPS) is 12.6. The van der Waals surface area contributed by atoms with Gasteiger partial charge in [-0.2, -0.15) is 0 Å². The molecule has 0 radical (unpaired) electrons. The molecule has 2 nitrogen and oxygen atoms in total. The van der Waals surface area contributed by atoms with Crippen molar-refractivity contribution < 1.29 is 13.4 Å². The third kappa shape index (κ3) is 2.32. The zero-order valence-electron chi connectivity index (χ0n) is 7.01. The van der Waals surface area contributed by atoms with Crippen molar-refractivity contribution in [1.29, 1.82) is 0 Å². The number of hydrogen-bond donors (Lipinski definition) is 0. The molecule has 0 heterocycles. The Morgan fingerprint density at radius 1 is 1.50 bits per heavy atom. The van der Waals surface area contributed by atoms with Crippen molar-refractivity contribution in [3.05, 3.63) is 28.5 Å². The molecule has 0 spiro atoms. The van der Waals surface area contributed by atoms with Gasteiger partial charge in [-0.1, -0.05) is 11.6 Å². The number of carbonyl (C=O) groups excluding carboxylic acids is 1. The molecule has 0 aliphatic carbocycles. The molecule has 0 aliphatic rings. The molecule has 0 fully saturated rings. The van der Waals surface area contributed by atoms with Crippen LogP contribution in [-0.2, 0) is 10.0 Å². The van der Waals surface area contributed by atoms with Crippen molar-refractivity contribution in [2.24, 2.45) is 0 Å². The van der Waals surface area contributed by atoms with Crippen LogP contribution < -0.4 is 0 Å². The Bertz CT molecular complexity index is 420. The minimum absolute atomic E-state index is 0.0525. The van der Waals surface area contributed by atoms with Crippen molar-refractivity contribution in [2.45, 2.75) is 11.8 Å². The lowest BCUT2D eigenvalue weighted by Crippen LogP contribution is -2.02. The maximum absolute atomic E-state index is 13.2. The number of rotatable bonds is 2. The fourth-order valence-electron chi connectivity index (χ4n) is 0.985. The molecule has 0 saturated heterocycles. The molecule has 0 amide bonds. The fourth-order valence-corrected chi connectivity index (χ4v) is 2.25. The van der Waals surface area contributed by atoms with Crippen LogP contribution in [0.5, 0.6) is 0 Å². The zero-order valence-corrected chi connectivity index (χ0v) is 9.34. The SMILES string of the molecule is CC(=O)c1cc(Cl)cc(F)c1S(=O)Cl. The first kappa shape index (κ1) is 11.6. The zero-order chi connectivity index (χ0) is 10.9. The topological polar surface area (TPSA) is 34.1 Å². The van der Waals surface area contributed by atoms with Gasteiger partial charge in [0.1, 0.15) is 10.7 Å². The summed E-state index contributed by atoms with van der Waals surface area (Å²) in [4.78, 5) is 10.7. The smallest absolute Gasteiger partial charge is 0.161 e. The van der Waals surface area contributed by atoms with Crippen LogP contribution in [-0.4, -0.2) is 9.99 Å². The van der Waals surface area contributed by atoms with E-state index in [2.05, 4.69) is 0 Å². The monoisotopic (exact) mass is 254 g/mol. The van der Waals surface area contributed by atoms with Gasteiger partial charge in [0.05, 0.1) is 0 Å². The predicted molar refractivity (Wildman–Crippen MR) is 53.7 cm³/mol. The Hall–Kier alpha value is -0.450. The number of ketones is 1. The standard InChI is InChI=1S/C8H5Cl2FO2S/c1-4(12)6-2-5(9)3-7(11)8(6)14(10)13/h2-3H,1H3. The molecule has 0 bridgehead atoms. The van der Waals surface area contributed by atoms with E-state index in [4.69, 9.17) is 22.3 Å². The molecule has 76 valence electrons. The maximum Gasteiger partial charge on any atom is 0.161 e. The Labute approximate surface area is 92.0 Å². The molecule has 0 aliphatic heterocycles. The summed E-state index contributed by atoms with van der Waals surface area (Å²) in [6.45, 7) is 1.22. The summed E-state index contributed by atoms with van der Waals surface area (Å²) in [5.41, 5.74) is -0.0525. The fraction of sp³-hybridized carbons (Fsp3) is 0.125. The molecule has 0 aromatic heterocycles. The summed E-state index contributed by atoms with van der Waals surface area (Å²) in [5, 5.41) is 0.0681. The van der Waals surface area contributed by atoms with Gasteiger partial charge in [0.15, 0.2) is 15.8 Å². The molecule has 1 aromatic rings. The van der Waals surface area contributed by atoms with E-state index in [0.29, 0.717) is 0 Å². The second kappa shape index (κ2) is 4.38. The molecule has 6 heteroatoms. The van der Waals surface area contributed by atoms with Crippen molar-refractivity contribution >= 4 is 38.1 Å². The first-order chi connectivity index (χ1) is 6.43. The summed E-state index contributed by atoms with van der Waals surface area (Å²) in [6.07, 6.45) is 0. The van der Waals surface area contributed by atoms with E-state index in [0.717, 1.165) is 6.07 Å². The van der Waals surface area contributed by atoms with Crippen LogP contribution >= 0.6 is 22.3 Å². The van der Waals surface area contributed by atoms with Gasteiger partial charge in [0, 0.05) is 10.6 Å². The highest BCUT2D eigenvalue weighted by atomic mass is 35.7. The first-order valence-electron chi connectivity index (χ1n) is 3.51. The lowest BCUT2D eigenvalue weighted by Gasteiger charge is -2.04. The summed E-state index contributed by atoms with van der Waals surface area (Å²) >= 11 is 5.54. The third-order valence-electron chi connectivity index (χ3n) is 1.55. The van der Waals surface area contributed by atoms with Gasteiger partial charge in [0.25, 0.3) is 0 Å². The quantitative estimate of drug-likeness (QED) is 0.601. The van der Waals surface area contributed by atoms with Crippen molar-refractivity contribution in [1.82, 2.24) is 0 Å². The van der Waals surface area contributed by atoms with E-state index in [1.807, 2.05) is 0 Å². The second-order valence-corrected chi connectivity index (χ2v) is 4.68. The minimum atomic E-state index is -2.06. The Balaban J connectivity index is 3.52.